The molecule has 0 aliphatic rings. The van der Waals surface area contributed by atoms with E-state index in [0.29, 0.717) is 17.9 Å². The first kappa shape index (κ1) is 34.2. The molecule has 1 rings (SSSR count). The molecule has 38 heavy (non-hydrogen) atoms. The average Bonchev–Trinajstić information content (AvgIpc) is 2.85. The Morgan fingerprint density at radius 2 is 1.21 bits per heavy atom. The van der Waals surface area contributed by atoms with E-state index in [9.17, 15) is 10.2 Å². The highest BCUT2D eigenvalue weighted by molar-refractivity contribution is 5.65. The van der Waals surface area contributed by atoms with E-state index in [0.717, 1.165) is 42.6 Å². The molecule has 4 nitrogen and oxygen atoms in total. The zero-order chi connectivity index (χ0) is 28.7. The van der Waals surface area contributed by atoms with Crippen LogP contribution >= 0.6 is 0 Å². The number of phenolic OH excluding ortho intramolecular Hbond substituents is 2. The fraction of sp³-hybridized carbons (Fsp3) is 0.765. The molecule has 0 radical (unpaired) electrons. The van der Waals surface area contributed by atoms with Crippen LogP contribution in [0.3, 0.4) is 0 Å². The van der Waals surface area contributed by atoms with E-state index in [4.69, 9.17) is 9.47 Å². The first-order valence-corrected chi connectivity index (χ1v) is 15.3. The molecule has 0 saturated carbocycles. The third-order valence-corrected chi connectivity index (χ3v) is 8.32. The van der Waals surface area contributed by atoms with Gasteiger partial charge < -0.3 is 19.7 Å². The third-order valence-electron chi connectivity index (χ3n) is 8.32. The van der Waals surface area contributed by atoms with E-state index in [2.05, 4.69) is 47.6 Å². The monoisotopic (exact) mass is 532 g/mol. The number of aromatic hydroxyl groups is 2. The Labute approximate surface area is 235 Å². The number of hydrogen-bond donors (Lipinski definition) is 2. The van der Waals surface area contributed by atoms with Gasteiger partial charge in [-0.2, -0.15) is 0 Å². The van der Waals surface area contributed by atoms with Gasteiger partial charge in [0.05, 0.1) is 14.2 Å². The van der Waals surface area contributed by atoms with Crippen molar-refractivity contribution in [3.05, 3.63) is 22.8 Å². The normalized spacial score (nSPS) is 14.5. The van der Waals surface area contributed by atoms with Crippen molar-refractivity contribution in [1.82, 2.24) is 0 Å². The van der Waals surface area contributed by atoms with Gasteiger partial charge in [0.2, 0.25) is 11.5 Å². The maximum absolute atomic E-state index is 10.7. The molecule has 0 aliphatic carbocycles. The average molecular weight is 533 g/mol. The van der Waals surface area contributed by atoms with Gasteiger partial charge in [-0.25, -0.2) is 0 Å². The number of benzene rings is 1. The first-order chi connectivity index (χ1) is 18.0. The maximum atomic E-state index is 10.7. The summed E-state index contributed by atoms with van der Waals surface area (Å²) in [5.74, 6) is 3.61. The highest BCUT2D eigenvalue weighted by atomic mass is 16.5. The van der Waals surface area contributed by atoms with Crippen molar-refractivity contribution in [2.45, 2.75) is 132 Å². The van der Waals surface area contributed by atoms with Crippen LogP contribution < -0.4 is 9.47 Å². The molecular formula is C34H60O4. The summed E-state index contributed by atoms with van der Waals surface area (Å²) >= 11 is 0. The van der Waals surface area contributed by atoms with Crippen LogP contribution in [0, 0.1) is 30.6 Å². The van der Waals surface area contributed by atoms with Gasteiger partial charge in [0, 0.05) is 11.1 Å². The lowest BCUT2D eigenvalue weighted by Gasteiger charge is -2.19. The van der Waals surface area contributed by atoms with E-state index < -0.39 is 0 Å². The van der Waals surface area contributed by atoms with Crippen LogP contribution in [0.2, 0.25) is 0 Å². The summed E-state index contributed by atoms with van der Waals surface area (Å²) in [5, 5.41) is 21.2. The number of rotatable bonds is 20. The first-order valence-electron chi connectivity index (χ1n) is 15.3. The minimum Gasteiger partial charge on any atom is -0.504 e. The lowest BCUT2D eigenvalue weighted by atomic mass is 9.91. The van der Waals surface area contributed by atoms with E-state index in [1.165, 1.54) is 77.6 Å². The standard InChI is InChI=1S/C34H60O4/c1-24(2)14-10-15-25(3)16-11-17-26(4)18-12-19-27(5)20-13-21-28(6)22-23-30-29(7)31(35)33(37-8)34(38-9)32(30)36/h20,24-26,28,35-36H,10-19,21-23H2,1-9H3/b27-20+. The molecule has 3 unspecified atom stereocenters. The molecule has 3 atom stereocenters. The van der Waals surface area contributed by atoms with Crippen LogP contribution in [0.15, 0.2) is 11.6 Å². The van der Waals surface area contributed by atoms with Crippen molar-refractivity contribution in [3.63, 3.8) is 0 Å². The summed E-state index contributed by atoms with van der Waals surface area (Å²) in [6, 6.07) is 0. The molecule has 0 spiro atoms. The predicted molar refractivity (Wildman–Crippen MR) is 163 cm³/mol. The SMILES string of the molecule is COc1c(O)c(C)c(CCC(C)CC/C=C(\C)CCCC(C)CCCC(C)CCCC(C)C)c(O)c1OC. The number of phenols is 2. The van der Waals surface area contributed by atoms with Crippen molar-refractivity contribution in [1.29, 1.82) is 0 Å². The molecule has 220 valence electrons. The smallest absolute Gasteiger partial charge is 0.207 e. The van der Waals surface area contributed by atoms with Gasteiger partial charge in [-0.15, -0.1) is 0 Å². The lowest BCUT2D eigenvalue weighted by molar-refractivity contribution is 0.313. The fourth-order valence-corrected chi connectivity index (χ4v) is 5.49. The molecule has 4 heteroatoms. The molecule has 1 aromatic carbocycles. The number of ether oxygens (including phenoxy) is 2. The van der Waals surface area contributed by atoms with Gasteiger partial charge in [0.25, 0.3) is 0 Å². The summed E-state index contributed by atoms with van der Waals surface area (Å²) in [4.78, 5) is 0. The van der Waals surface area contributed by atoms with Gasteiger partial charge in [-0.05, 0) is 76.0 Å². The van der Waals surface area contributed by atoms with Crippen LogP contribution in [0.1, 0.15) is 130 Å². The second kappa shape index (κ2) is 18.4. The number of methoxy groups -OCH3 is 2. The Balaban J connectivity index is 2.31. The van der Waals surface area contributed by atoms with E-state index in [1.54, 1.807) is 0 Å². The summed E-state index contributed by atoms with van der Waals surface area (Å²) in [5.41, 5.74) is 2.92. The van der Waals surface area contributed by atoms with Crippen molar-refractivity contribution in [2.24, 2.45) is 23.7 Å². The van der Waals surface area contributed by atoms with Gasteiger partial charge in [0.15, 0.2) is 11.5 Å². The van der Waals surface area contributed by atoms with E-state index in [-0.39, 0.29) is 23.0 Å². The van der Waals surface area contributed by atoms with Crippen molar-refractivity contribution >= 4 is 0 Å². The minimum absolute atomic E-state index is 0.0457. The zero-order valence-electron chi connectivity index (χ0n) is 26.3. The molecular weight excluding hydrogens is 472 g/mol. The van der Waals surface area contributed by atoms with Crippen LogP contribution in [0.4, 0.5) is 0 Å². The van der Waals surface area contributed by atoms with E-state index in [1.807, 2.05) is 6.92 Å². The van der Waals surface area contributed by atoms with Crippen molar-refractivity contribution in [2.75, 3.05) is 14.2 Å². The van der Waals surface area contributed by atoms with Crippen LogP contribution in [-0.2, 0) is 6.42 Å². The Kier molecular flexibility index (Phi) is 16.6. The van der Waals surface area contributed by atoms with Gasteiger partial charge in [-0.1, -0.05) is 91.2 Å². The molecule has 0 amide bonds. The zero-order valence-corrected chi connectivity index (χ0v) is 26.3. The van der Waals surface area contributed by atoms with Crippen LogP contribution in [0.25, 0.3) is 0 Å². The molecule has 0 bridgehead atoms. The molecule has 1 aromatic rings. The molecule has 0 saturated heterocycles. The topological polar surface area (TPSA) is 58.9 Å². The number of allylic oxidation sites excluding steroid dienone is 2. The minimum atomic E-state index is 0.0457. The fourth-order valence-electron chi connectivity index (χ4n) is 5.49. The largest absolute Gasteiger partial charge is 0.504 e. The summed E-state index contributed by atoms with van der Waals surface area (Å²) in [6.07, 6.45) is 18.5. The van der Waals surface area contributed by atoms with Crippen molar-refractivity contribution in [3.8, 4) is 23.0 Å². The highest BCUT2D eigenvalue weighted by Crippen LogP contribution is 2.48. The second-order valence-corrected chi connectivity index (χ2v) is 12.5. The molecule has 0 aromatic heterocycles. The second-order valence-electron chi connectivity index (χ2n) is 12.5. The molecule has 0 fully saturated rings. The van der Waals surface area contributed by atoms with Gasteiger partial charge in [-0.3, -0.25) is 0 Å². The van der Waals surface area contributed by atoms with Gasteiger partial charge >= 0.3 is 0 Å². The summed E-state index contributed by atoms with van der Waals surface area (Å²) < 4.78 is 10.5. The van der Waals surface area contributed by atoms with Crippen molar-refractivity contribution < 1.29 is 19.7 Å². The van der Waals surface area contributed by atoms with E-state index >= 15 is 0 Å². The number of hydrogen-bond acceptors (Lipinski definition) is 4. The van der Waals surface area contributed by atoms with Crippen LogP contribution in [-0.4, -0.2) is 24.4 Å². The van der Waals surface area contributed by atoms with Gasteiger partial charge in [0.1, 0.15) is 0 Å². The summed E-state index contributed by atoms with van der Waals surface area (Å²) in [7, 11) is 2.94. The molecule has 2 N–H and O–H groups in total. The van der Waals surface area contributed by atoms with Crippen LogP contribution in [0.5, 0.6) is 23.0 Å². The molecule has 0 heterocycles. The predicted octanol–water partition coefficient (Wildman–Crippen LogP) is 10.2. The summed E-state index contributed by atoms with van der Waals surface area (Å²) in [6.45, 7) is 15.9. The third kappa shape index (κ3) is 12.3. The Hall–Kier alpha value is -1.84. The molecule has 0 aliphatic heterocycles. The highest BCUT2D eigenvalue weighted by Gasteiger charge is 2.23. The Bertz CT molecular complexity index is 827. The quantitative estimate of drug-likeness (QED) is 0.129. The lowest BCUT2D eigenvalue weighted by Crippen LogP contribution is -2.02. The Morgan fingerprint density at radius 3 is 1.76 bits per heavy atom. The maximum Gasteiger partial charge on any atom is 0.207 e. The Morgan fingerprint density at radius 1 is 0.711 bits per heavy atom.